The van der Waals surface area contributed by atoms with Gasteiger partial charge in [-0.1, -0.05) is 29.8 Å². The second-order valence-corrected chi connectivity index (χ2v) is 5.06. The highest BCUT2D eigenvalue weighted by Crippen LogP contribution is 2.21. The molecule has 0 saturated carbocycles. The zero-order chi connectivity index (χ0) is 15.2. The lowest BCUT2D eigenvalue weighted by atomic mass is 10.2. The highest BCUT2D eigenvalue weighted by Gasteiger charge is 2.19. The van der Waals surface area contributed by atoms with E-state index in [1.807, 2.05) is 18.2 Å². The molecule has 0 aliphatic rings. The first-order chi connectivity index (χ1) is 10.1. The van der Waals surface area contributed by atoms with Gasteiger partial charge < -0.3 is 9.94 Å². The van der Waals surface area contributed by atoms with Crippen LogP contribution < -0.4 is 9.90 Å². The van der Waals surface area contributed by atoms with Crippen LogP contribution in [0.2, 0.25) is 5.02 Å². The van der Waals surface area contributed by atoms with E-state index in [0.717, 1.165) is 0 Å². The van der Waals surface area contributed by atoms with Gasteiger partial charge in [0, 0.05) is 5.02 Å². The molecular formula is C16H16ClNO3. The lowest BCUT2D eigenvalue weighted by molar-refractivity contribution is -0.124. The molecule has 4 nitrogen and oxygen atoms in total. The first kappa shape index (κ1) is 15.4. The number of aliphatic hydroxyl groups excluding tert-OH is 1. The molecule has 2 rings (SSSR count). The normalized spacial score (nSPS) is 11.8. The Kier molecular flexibility index (Phi) is 5.20. The van der Waals surface area contributed by atoms with Crippen molar-refractivity contribution in [1.82, 2.24) is 0 Å². The number of amides is 1. The fraction of sp³-hybridized carbons (Fsp3) is 0.188. The summed E-state index contributed by atoms with van der Waals surface area (Å²) >= 11 is 5.83. The second-order valence-electron chi connectivity index (χ2n) is 4.62. The zero-order valence-electron chi connectivity index (χ0n) is 11.6. The van der Waals surface area contributed by atoms with Gasteiger partial charge >= 0.3 is 0 Å². The average molecular weight is 306 g/mol. The number of anilines is 1. The molecule has 1 atom stereocenters. The number of aliphatic hydroxyl groups is 1. The maximum atomic E-state index is 12.2. The molecule has 0 fully saturated rings. The number of carbonyl (C=O) groups excluding carboxylic acids is 1. The Morgan fingerprint density at radius 2 is 1.81 bits per heavy atom. The van der Waals surface area contributed by atoms with Crippen molar-refractivity contribution in [2.24, 2.45) is 0 Å². The quantitative estimate of drug-likeness (QED) is 0.861. The topological polar surface area (TPSA) is 49.8 Å². The number of hydrogen-bond acceptors (Lipinski definition) is 3. The molecule has 0 saturated heterocycles. The maximum Gasteiger partial charge on any atom is 0.262 e. The first-order valence-electron chi connectivity index (χ1n) is 6.56. The number of carbonyl (C=O) groups is 1. The molecule has 1 N–H and O–H groups in total. The van der Waals surface area contributed by atoms with Crippen LogP contribution in [0.4, 0.5) is 5.69 Å². The van der Waals surface area contributed by atoms with Crippen LogP contribution in [0.1, 0.15) is 13.3 Å². The average Bonchev–Trinajstić information content (AvgIpc) is 2.46. The molecule has 0 aliphatic carbocycles. The molecule has 0 bridgehead atoms. The van der Waals surface area contributed by atoms with Crippen LogP contribution in [0.15, 0.2) is 54.6 Å². The van der Waals surface area contributed by atoms with Gasteiger partial charge in [0.05, 0.1) is 18.2 Å². The minimum atomic E-state index is -0.738. The van der Waals surface area contributed by atoms with Crippen molar-refractivity contribution in [3.63, 3.8) is 0 Å². The van der Waals surface area contributed by atoms with Gasteiger partial charge in [0.15, 0.2) is 5.75 Å². The Balaban J connectivity index is 2.23. The number of nitrogens with zero attached hydrogens (tertiary/aromatic N) is 1. The number of rotatable bonds is 5. The summed E-state index contributed by atoms with van der Waals surface area (Å²) in [5.74, 6) is 0.161. The number of hydroxylamine groups is 1. The van der Waals surface area contributed by atoms with Gasteiger partial charge in [-0.3, -0.25) is 4.79 Å². The predicted molar refractivity (Wildman–Crippen MR) is 82.3 cm³/mol. The lowest BCUT2D eigenvalue weighted by Gasteiger charge is -2.23. The fourth-order valence-electron chi connectivity index (χ4n) is 1.75. The third-order valence-corrected chi connectivity index (χ3v) is 2.95. The SMILES string of the molecule is CC(O)CC(=O)N(Oc1ccc(Cl)cc1)c1ccccc1. The van der Waals surface area contributed by atoms with Crippen LogP contribution in [0, 0.1) is 0 Å². The van der Waals surface area contributed by atoms with E-state index in [0.29, 0.717) is 16.5 Å². The Bertz CT molecular complexity index is 584. The Labute approximate surface area is 128 Å². The van der Waals surface area contributed by atoms with Crippen molar-refractivity contribution < 1.29 is 14.7 Å². The molecule has 0 radical (unpaired) electrons. The maximum absolute atomic E-state index is 12.2. The minimum Gasteiger partial charge on any atom is -0.393 e. The summed E-state index contributed by atoms with van der Waals surface area (Å²) in [5.41, 5.74) is 0.595. The van der Waals surface area contributed by atoms with E-state index in [9.17, 15) is 9.90 Å². The van der Waals surface area contributed by atoms with Crippen LogP contribution in [0.5, 0.6) is 5.75 Å². The molecule has 1 amide bonds. The molecule has 1 unspecified atom stereocenters. The molecule has 2 aromatic carbocycles. The molecule has 110 valence electrons. The number of halogens is 1. The van der Waals surface area contributed by atoms with Gasteiger partial charge in [0.1, 0.15) is 0 Å². The van der Waals surface area contributed by atoms with Crippen LogP contribution in [0.3, 0.4) is 0 Å². The van der Waals surface area contributed by atoms with Gasteiger partial charge in [-0.2, -0.15) is 0 Å². The Morgan fingerprint density at radius 3 is 2.38 bits per heavy atom. The molecule has 0 aromatic heterocycles. The predicted octanol–water partition coefficient (Wildman–Crippen LogP) is 3.44. The zero-order valence-corrected chi connectivity index (χ0v) is 12.3. The smallest absolute Gasteiger partial charge is 0.262 e. The van der Waals surface area contributed by atoms with E-state index in [-0.39, 0.29) is 12.3 Å². The van der Waals surface area contributed by atoms with E-state index in [2.05, 4.69) is 0 Å². The summed E-state index contributed by atoms with van der Waals surface area (Å²) < 4.78 is 0. The summed E-state index contributed by atoms with van der Waals surface area (Å²) in [6.07, 6.45) is -0.764. The van der Waals surface area contributed by atoms with Crippen molar-refractivity contribution in [1.29, 1.82) is 0 Å². The fourth-order valence-corrected chi connectivity index (χ4v) is 1.87. The van der Waals surface area contributed by atoms with Crippen LogP contribution in [0.25, 0.3) is 0 Å². The van der Waals surface area contributed by atoms with E-state index < -0.39 is 6.10 Å². The molecule has 0 aliphatic heterocycles. The molecule has 2 aromatic rings. The monoisotopic (exact) mass is 305 g/mol. The van der Waals surface area contributed by atoms with E-state index >= 15 is 0 Å². The van der Waals surface area contributed by atoms with E-state index in [1.165, 1.54) is 5.06 Å². The number of para-hydroxylation sites is 1. The van der Waals surface area contributed by atoms with Gasteiger partial charge in [0.2, 0.25) is 0 Å². The standard InChI is InChI=1S/C16H16ClNO3/c1-12(19)11-16(20)18(14-5-3-2-4-6-14)21-15-9-7-13(17)8-10-15/h2-10,12,19H,11H2,1H3. The highest BCUT2D eigenvalue weighted by atomic mass is 35.5. The van der Waals surface area contributed by atoms with E-state index in [1.54, 1.807) is 43.3 Å². The first-order valence-corrected chi connectivity index (χ1v) is 6.93. The number of benzene rings is 2. The van der Waals surface area contributed by atoms with Crippen molar-refractivity contribution in [2.75, 3.05) is 5.06 Å². The minimum absolute atomic E-state index is 0.0253. The van der Waals surface area contributed by atoms with Gasteiger partial charge in [-0.05, 0) is 43.3 Å². The summed E-state index contributed by atoms with van der Waals surface area (Å²) in [5, 5.41) is 11.2. The summed E-state index contributed by atoms with van der Waals surface area (Å²) in [4.78, 5) is 17.9. The number of hydrogen-bond donors (Lipinski definition) is 1. The van der Waals surface area contributed by atoms with Gasteiger partial charge in [-0.15, -0.1) is 5.06 Å². The van der Waals surface area contributed by atoms with Crippen molar-refractivity contribution in [3.05, 3.63) is 59.6 Å². The van der Waals surface area contributed by atoms with Crippen LogP contribution in [-0.2, 0) is 4.79 Å². The van der Waals surface area contributed by atoms with Gasteiger partial charge in [0.25, 0.3) is 5.91 Å². The van der Waals surface area contributed by atoms with Crippen molar-refractivity contribution in [3.8, 4) is 5.75 Å². The second kappa shape index (κ2) is 7.11. The highest BCUT2D eigenvalue weighted by molar-refractivity contribution is 6.30. The molecule has 21 heavy (non-hydrogen) atoms. The third-order valence-electron chi connectivity index (χ3n) is 2.70. The molecule has 0 spiro atoms. The molecule has 0 heterocycles. The summed E-state index contributed by atoms with van der Waals surface area (Å²) in [6, 6.07) is 15.7. The van der Waals surface area contributed by atoms with Crippen molar-refractivity contribution in [2.45, 2.75) is 19.4 Å². The van der Waals surface area contributed by atoms with Crippen molar-refractivity contribution >= 4 is 23.2 Å². The van der Waals surface area contributed by atoms with Crippen LogP contribution >= 0.6 is 11.6 Å². The van der Waals surface area contributed by atoms with Gasteiger partial charge in [-0.25, -0.2) is 0 Å². The largest absolute Gasteiger partial charge is 0.393 e. The third kappa shape index (κ3) is 4.48. The Morgan fingerprint density at radius 1 is 1.19 bits per heavy atom. The molecule has 5 heteroatoms. The summed E-state index contributed by atoms with van der Waals surface area (Å²) in [7, 11) is 0. The molecular weight excluding hydrogens is 290 g/mol. The lowest BCUT2D eigenvalue weighted by Crippen LogP contribution is -2.35. The summed E-state index contributed by atoms with van der Waals surface area (Å²) in [6.45, 7) is 1.56. The Hall–Kier alpha value is -2.04. The van der Waals surface area contributed by atoms with Crippen LogP contribution in [-0.4, -0.2) is 17.1 Å². The van der Waals surface area contributed by atoms with E-state index in [4.69, 9.17) is 16.4 Å².